The Hall–Kier alpha value is -0.670. The highest BCUT2D eigenvalue weighted by molar-refractivity contribution is 7.84. The maximum Gasteiger partial charge on any atom is 0.0486 e. The second-order valence-electron chi connectivity index (χ2n) is 6.14. The largest absolute Gasteiger partial charge is 0.313 e. The molecule has 2 nitrogen and oxygen atoms in total. The minimum Gasteiger partial charge on any atom is -0.313 e. The summed E-state index contributed by atoms with van der Waals surface area (Å²) in [5.74, 6) is 2.27. The van der Waals surface area contributed by atoms with Gasteiger partial charge in [0.2, 0.25) is 0 Å². The third-order valence-corrected chi connectivity index (χ3v) is 5.21. The predicted molar refractivity (Wildman–Crippen MR) is 87.4 cm³/mol. The van der Waals surface area contributed by atoms with Crippen LogP contribution in [0, 0.1) is 19.8 Å². The lowest BCUT2D eigenvalue weighted by molar-refractivity contribution is 0.498. The average molecular weight is 293 g/mol. The van der Waals surface area contributed by atoms with Gasteiger partial charge in [-0.2, -0.15) is 0 Å². The molecule has 1 N–H and O–H groups in total. The molecule has 0 aliphatic heterocycles. The normalized spacial score (nSPS) is 17.9. The van der Waals surface area contributed by atoms with Crippen molar-refractivity contribution in [3.63, 3.8) is 0 Å². The zero-order valence-corrected chi connectivity index (χ0v) is 13.8. The smallest absolute Gasteiger partial charge is 0.0486 e. The van der Waals surface area contributed by atoms with E-state index < -0.39 is 10.8 Å². The third kappa shape index (κ3) is 5.02. The van der Waals surface area contributed by atoms with Crippen LogP contribution in [-0.4, -0.2) is 22.5 Å². The van der Waals surface area contributed by atoms with Gasteiger partial charge in [0, 0.05) is 28.3 Å². The van der Waals surface area contributed by atoms with E-state index in [1.165, 1.54) is 29.5 Å². The van der Waals surface area contributed by atoms with Crippen molar-refractivity contribution < 1.29 is 4.21 Å². The maximum atomic E-state index is 12.4. The number of nitrogens with one attached hydrogen (secondary N) is 1. The molecule has 0 heterocycles. The third-order valence-electron chi connectivity index (χ3n) is 3.82. The number of hydrogen-bond acceptors (Lipinski definition) is 2. The minimum atomic E-state index is -0.764. The molecule has 1 fully saturated rings. The van der Waals surface area contributed by atoms with Crippen LogP contribution in [0.3, 0.4) is 0 Å². The molecule has 20 heavy (non-hydrogen) atoms. The molecule has 0 radical (unpaired) electrons. The van der Waals surface area contributed by atoms with Crippen LogP contribution in [-0.2, 0) is 16.6 Å². The van der Waals surface area contributed by atoms with Gasteiger partial charge in [0.1, 0.15) is 0 Å². The van der Waals surface area contributed by atoms with Gasteiger partial charge in [-0.3, -0.25) is 4.21 Å². The van der Waals surface area contributed by atoms with Crippen LogP contribution < -0.4 is 5.32 Å². The first-order valence-corrected chi connectivity index (χ1v) is 9.23. The van der Waals surface area contributed by atoms with E-state index in [9.17, 15) is 4.21 Å². The first-order chi connectivity index (χ1) is 9.58. The average Bonchev–Trinajstić information content (AvgIpc) is 3.17. The standard InChI is InChI=1S/C17H27NOS/c1-4-7-18-17(16-5-6-16)12-20(19)11-15-9-13(2)8-14(3)10-15/h8-10,16-18H,4-7,11-12H2,1-3H3. The Kier molecular flexibility index (Phi) is 5.79. The molecule has 1 aromatic carbocycles. The second-order valence-corrected chi connectivity index (χ2v) is 7.65. The fourth-order valence-corrected chi connectivity index (χ4v) is 4.23. The highest BCUT2D eigenvalue weighted by Crippen LogP contribution is 2.33. The van der Waals surface area contributed by atoms with Crippen molar-refractivity contribution >= 4 is 10.8 Å². The predicted octanol–water partition coefficient (Wildman–Crippen LogP) is 3.33. The zero-order chi connectivity index (χ0) is 14.5. The SMILES string of the molecule is CCCNC(CS(=O)Cc1cc(C)cc(C)c1)C1CC1. The van der Waals surface area contributed by atoms with Gasteiger partial charge in [-0.05, 0) is 51.1 Å². The molecule has 1 aromatic rings. The van der Waals surface area contributed by atoms with Crippen molar-refractivity contribution in [2.45, 2.75) is 51.8 Å². The molecule has 0 saturated heterocycles. The van der Waals surface area contributed by atoms with E-state index in [2.05, 4.69) is 44.3 Å². The van der Waals surface area contributed by atoms with Crippen LogP contribution in [0.1, 0.15) is 42.9 Å². The highest BCUT2D eigenvalue weighted by Gasteiger charge is 2.31. The van der Waals surface area contributed by atoms with E-state index in [0.29, 0.717) is 11.8 Å². The summed E-state index contributed by atoms with van der Waals surface area (Å²) >= 11 is 0. The van der Waals surface area contributed by atoms with Crippen molar-refractivity contribution in [1.29, 1.82) is 0 Å². The molecule has 2 unspecified atom stereocenters. The molecule has 1 aliphatic carbocycles. The van der Waals surface area contributed by atoms with Crippen molar-refractivity contribution in [2.75, 3.05) is 12.3 Å². The summed E-state index contributed by atoms with van der Waals surface area (Å²) in [7, 11) is -0.764. The Morgan fingerprint density at radius 3 is 2.45 bits per heavy atom. The molecule has 2 atom stereocenters. The van der Waals surface area contributed by atoms with Gasteiger partial charge >= 0.3 is 0 Å². The van der Waals surface area contributed by atoms with Gasteiger partial charge in [0.25, 0.3) is 0 Å². The van der Waals surface area contributed by atoms with Crippen molar-refractivity contribution in [2.24, 2.45) is 5.92 Å². The van der Waals surface area contributed by atoms with Crippen LogP contribution >= 0.6 is 0 Å². The van der Waals surface area contributed by atoms with Crippen molar-refractivity contribution in [3.05, 3.63) is 34.9 Å². The summed E-state index contributed by atoms with van der Waals surface area (Å²) in [5, 5.41) is 3.58. The van der Waals surface area contributed by atoms with E-state index >= 15 is 0 Å². The molecule has 0 amide bonds. The fraction of sp³-hybridized carbons (Fsp3) is 0.647. The Morgan fingerprint density at radius 2 is 1.90 bits per heavy atom. The first kappa shape index (κ1) is 15.7. The Bertz CT molecular complexity index is 448. The summed E-state index contributed by atoms with van der Waals surface area (Å²) in [6.45, 7) is 7.44. The highest BCUT2D eigenvalue weighted by atomic mass is 32.2. The van der Waals surface area contributed by atoms with E-state index in [1.807, 2.05) is 0 Å². The molecule has 2 rings (SSSR count). The van der Waals surface area contributed by atoms with E-state index in [4.69, 9.17) is 0 Å². The summed E-state index contributed by atoms with van der Waals surface area (Å²) in [5.41, 5.74) is 3.74. The molecular formula is C17H27NOS. The monoisotopic (exact) mass is 293 g/mol. The molecule has 3 heteroatoms. The quantitative estimate of drug-likeness (QED) is 0.796. The summed E-state index contributed by atoms with van der Waals surface area (Å²) in [6, 6.07) is 6.96. The van der Waals surface area contributed by atoms with E-state index in [0.717, 1.165) is 24.6 Å². The summed E-state index contributed by atoms with van der Waals surface area (Å²) in [6.07, 6.45) is 3.76. The van der Waals surface area contributed by atoms with Gasteiger partial charge in [-0.1, -0.05) is 36.2 Å². The van der Waals surface area contributed by atoms with E-state index in [-0.39, 0.29) is 0 Å². The molecular weight excluding hydrogens is 266 g/mol. The molecule has 0 aromatic heterocycles. The van der Waals surface area contributed by atoms with Gasteiger partial charge in [-0.25, -0.2) is 0 Å². The van der Waals surface area contributed by atoms with Crippen LogP contribution in [0.15, 0.2) is 18.2 Å². The lowest BCUT2D eigenvalue weighted by Crippen LogP contribution is -2.36. The van der Waals surface area contributed by atoms with Crippen LogP contribution in [0.2, 0.25) is 0 Å². The molecule has 0 spiro atoms. The van der Waals surface area contributed by atoms with Crippen LogP contribution in [0.5, 0.6) is 0 Å². The molecule has 0 bridgehead atoms. The minimum absolute atomic E-state index is 0.460. The number of rotatable bonds is 8. The summed E-state index contributed by atoms with van der Waals surface area (Å²) in [4.78, 5) is 0. The Labute approximate surface area is 125 Å². The number of hydrogen-bond donors (Lipinski definition) is 1. The molecule has 1 saturated carbocycles. The molecule has 112 valence electrons. The fourth-order valence-electron chi connectivity index (χ4n) is 2.79. The Morgan fingerprint density at radius 1 is 1.25 bits per heavy atom. The van der Waals surface area contributed by atoms with Crippen molar-refractivity contribution in [3.8, 4) is 0 Å². The number of aryl methyl sites for hydroxylation is 2. The van der Waals surface area contributed by atoms with Gasteiger partial charge in [0.05, 0.1) is 0 Å². The maximum absolute atomic E-state index is 12.4. The lowest BCUT2D eigenvalue weighted by Gasteiger charge is -2.17. The number of benzene rings is 1. The topological polar surface area (TPSA) is 29.1 Å². The molecule has 1 aliphatic rings. The van der Waals surface area contributed by atoms with Crippen molar-refractivity contribution in [1.82, 2.24) is 5.32 Å². The van der Waals surface area contributed by atoms with Gasteiger partial charge in [-0.15, -0.1) is 0 Å². The summed E-state index contributed by atoms with van der Waals surface area (Å²) < 4.78 is 12.4. The van der Waals surface area contributed by atoms with Gasteiger partial charge in [0.15, 0.2) is 0 Å². The zero-order valence-electron chi connectivity index (χ0n) is 12.9. The lowest BCUT2D eigenvalue weighted by atomic mass is 10.1. The van der Waals surface area contributed by atoms with Gasteiger partial charge < -0.3 is 5.32 Å². The first-order valence-electron chi connectivity index (χ1n) is 7.74. The Balaban J connectivity index is 1.89. The van der Waals surface area contributed by atoms with E-state index in [1.54, 1.807) is 0 Å². The second kappa shape index (κ2) is 7.37. The van der Waals surface area contributed by atoms with Crippen LogP contribution in [0.4, 0.5) is 0 Å². The van der Waals surface area contributed by atoms with Crippen LogP contribution in [0.25, 0.3) is 0 Å².